The highest BCUT2D eigenvalue weighted by Gasteiger charge is 2.13. The molecule has 0 unspecified atom stereocenters. The van der Waals surface area contributed by atoms with Gasteiger partial charge in [0.25, 0.3) is 0 Å². The van der Waals surface area contributed by atoms with E-state index in [-0.39, 0.29) is 0 Å². The summed E-state index contributed by atoms with van der Waals surface area (Å²) in [4.78, 5) is 0. The van der Waals surface area contributed by atoms with Gasteiger partial charge in [-0.1, -0.05) is 0 Å². The summed E-state index contributed by atoms with van der Waals surface area (Å²) >= 11 is 4.81. The Kier molecular flexibility index (Phi) is 3.80. The lowest BCUT2D eigenvalue weighted by Gasteiger charge is -2.21. The van der Waals surface area contributed by atoms with Crippen LogP contribution in [0.3, 0.4) is 0 Å². The van der Waals surface area contributed by atoms with Crippen molar-refractivity contribution in [2.75, 3.05) is 19.8 Å². The Balaban J connectivity index is 2.09. The van der Waals surface area contributed by atoms with Gasteiger partial charge in [0.2, 0.25) is 0 Å². The zero-order valence-electron chi connectivity index (χ0n) is 6.84. The Morgan fingerprint density at radius 2 is 2.18 bits per heavy atom. The van der Waals surface area contributed by atoms with E-state index >= 15 is 0 Å². The maximum atomic E-state index is 5.26. The van der Waals surface area contributed by atoms with Crippen LogP contribution in [0.2, 0.25) is 0 Å². The molecule has 0 amide bonds. The van der Waals surface area contributed by atoms with Crippen molar-refractivity contribution in [2.45, 2.75) is 19.8 Å². The van der Waals surface area contributed by atoms with Gasteiger partial charge in [-0.15, -0.1) is 0 Å². The molecule has 1 saturated heterocycles. The van der Waals surface area contributed by atoms with E-state index in [2.05, 4.69) is 0 Å². The standard InChI is InChI=1S/C8H14O2S/c1-7(11)10-6-8-2-4-9-5-3-8/h8H,2-6H2,1H3. The fourth-order valence-corrected chi connectivity index (χ4v) is 1.22. The minimum Gasteiger partial charge on any atom is -0.487 e. The average molecular weight is 174 g/mol. The number of hydrogen-bond acceptors (Lipinski definition) is 3. The molecular formula is C8H14O2S. The molecule has 3 heteroatoms. The van der Waals surface area contributed by atoms with Crippen LogP contribution in [0.5, 0.6) is 0 Å². The molecule has 1 heterocycles. The zero-order chi connectivity index (χ0) is 8.10. The summed E-state index contributed by atoms with van der Waals surface area (Å²) in [5, 5.41) is 0.650. The molecule has 0 aliphatic carbocycles. The lowest BCUT2D eigenvalue weighted by atomic mass is 10.0. The second kappa shape index (κ2) is 4.67. The highest BCUT2D eigenvalue weighted by atomic mass is 32.1. The topological polar surface area (TPSA) is 18.5 Å². The highest BCUT2D eigenvalue weighted by Crippen LogP contribution is 2.14. The van der Waals surface area contributed by atoms with Crippen molar-refractivity contribution in [1.82, 2.24) is 0 Å². The fraction of sp³-hybridized carbons (Fsp3) is 0.875. The quantitative estimate of drug-likeness (QED) is 0.594. The van der Waals surface area contributed by atoms with Gasteiger partial charge in [-0.05, 0) is 31.0 Å². The molecule has 0 N–H and O–H groups in total. The maximum absolute atomic E-state index is 5.26. The summed E-state index contributed by atoms with van der Waals surface area (Å²) in [6.07, 6.45) is 2.23. The van der Waals surface area contributed by atoms with E-state index in [1.54, 1.807) is 0 Å². The highest BCUT2D eigenvalue weighted by molar-refractivity contribution is 7.80. The molecule has 1 rings (SSSR count). The van der Waals surface area contributed by atoms with Gasteiger partial charge in [-0.2, -0.15) is 0 Å². The first-order chi connectivity index (χ1) is 5.29. The van der Waals surface area contributed by atoms with Gasteiger partial charge in [-0.25, -0.2) is 0 Å². The fourth-order valence-electron chi connectivity index (χ4n) is 1.15. The summed E-state index contributed by atoms with van der Waals surface area (Å²) in [5.74, 6) is 0.654. The largest absolute Gasteiger partial charge is 0.487 e. The molecular weight excluding hydrogens is 160 g/mol. The number of rotatable bonds is 2. The second-order valence-corrected chi connectivity index (χ2v) is 3.43. The number of hydrogen-bond donors (Lipinski definition) is 0. The van der Waals surface area contributed by atoms with Crippen LogP contribution in [0, 0.1) is 5.92 Å². The normalized spacial score (nSPS) is 19.7. The molecule has 0 aromatic rings. The zero-order valence-corrected chi connectivity index (χ0v) is 7.65. The Morgan fingerprint density at radius 1 is 1.55 bits per heavy atom. The maximum Gasteiger partial charge on any atom is 0.156 e. The molecule has 11 heavy (non-hydrogen) atoms. The van der Waals surface area contributed by atoms with Crippen molar-refractivity contribution in [3.8, 4) is 0 Å². The molecule has 1 fully saturated rings. The molecule has 0 spiro atoms. The van der Waals surface area contributed by atoms with Crippen LogP contribution < -0.4 is 0 Å². The summed E-state index contributed by atoms with van der Waals surface area (Å²) in [6.45, 7) is 4.35. The van der Waals surface area contributed by atoms with Crippen molar-refractivity contribution in [2.24, 2.45) is 5.92 Å². The van der Waals surface area contributed by atoms with Gasteiger partial charge < -0.3 is 9.47 Å². The van der Waals surface area contributed by atoms with Crippen LogP contribution in [0.4, 0.5) is 0 Å². The Morgan fingerprint density at radius 3 is 2.73 bits per heavy atom. The molecule has 1 aliphatic rings. The minimum atomic E-state index is 0.650. The van der Waals surface area contributed by atoms with E-state index in [0.29, 0.717) is 11.0 Å². The molecule has 0 atom stereocenters. The van der Waals surface area contributed by atoms with Gasteiger partial charge in [0.05, 0.1) is 6.61 Å². The lowest BCUT2D eigenvalue weighted by Crippen LogP contribution is -2.20. The molecule has 0 aromatic heterocycles. The second-order valence-electron chi connectivity index (χ2n) is 2.86. The third-order valence-corrected chi connectivity index (χ3v) is 1.98. The smallest absolute Gasteiger partial charge is 0.156 e. The van der Waals surface area contributed by atoms with E-state index in [1.807, 2.05) is 6.92 Å². The van der Waals surface area contributed by atoms with Crippen LogP contribution in [0.25, 0.3) is 0 Å². The van der Waals surface area contributed by atoms with E-state index in [1.165, 1.54) is 0 Å². The summed E-state index contributed by atoms with van der Waals surface area (Å²) in [5.41, 5.74) is 0. The summed E-state index contributed by atoms with van der Waals surface area (Å²) in [7, 11) is 0. The molecule has 0 saturated carbocycles. The van der Waals surface area contributed by atoms with Gasteiger partial charge in [0, 0.05) is 20.1 Å². The van der Waals surface area contributed by atoms with Crippen molar-refractivity contribution in [3.05, 3.63) is 0 Å². The average Bonchev–Trinajstić information content (AvgIpc) is 2.03. The van der Waals surface area contributed by atoms with Crippen molar-refractivity contribution >= 4 is 17.3 Å². The Labute approximate surface area is 72.9 Å². The van der Waals surface area contributed by atoms with Crippen molar-refractivity contribution in [3.63, 3.8) is 0 Å². The van der Waals surface area contributed by atoms with Crippen LogP contribution >= 0.6 is 12.2 Å². The van der Waals surface area contributed by atoms with Crippen LogP contribution in [-0.4, -0.2) is 24.9 Å². The van der Waals surface area contributed by atoms with E-state index < -0.39 is 0 Å². The summed E-state index contributed by atoms with van der Waals surface area (Å²) < 4.78 is 10.5. The van der Waals surface area contributed by atoms with Crippen LogP contribution in [-0.2, 0) is 9.47 Å². The first-order valence-corrected chi connectivity index (χ1v) is 4.41. The molecule has 1 aliphatic heterocycles. The van der Waals surface area contributed by atoms with Crippen LogP contribution in [0.1, 0.15) is 19.8 Å². The first-order valence-electron chi connectivity index (χ1n) is 4.00. The Bertz CT molecular complexity index is 130. The molecule has 2 nitrogen and oxygen atoms in total. The predicted molar refractivity (Wildman–Crippen MR) is 47.8 cm³/mol. The number of ether oxygens (including phenoxy) is 2. The molecule has 64 valence electrons. The first kappa shape index (κ1) is 8.94. The Hall–Kier alpha value is -0.150. The third-order valence-electron chi connectivity index (χ3n) is 1.86. The van der Waals surface area contributed by atoms with Crippen molar-refractivity contribution < 1.29 is 9.47 Å². The third kappa shape index (κ3) is 3.68. The van der Waals surface area contributed by atoms with E-state index in [4.69, 9.17) is 21.7 Å². The van der Waals surface area contributed by atoms with Gasteiger partial charge >= 0.3 is 0 Å². The van der Waals surface area contributed by atoms with E-state index in [0.717, 1.165) is 32.7 Å². The molecule has 0 radical (unpaired) electrons. The van der Waals surface area contributed by atoms with Crippen LogP contribution in [0.15, 0.2) is 0 Å². The monoisotopic (exact) mass is 174 g/mol. The van der Waals surface area contributed by atoms with Gasteiger partial charge in [0.15, 0.2) is 5.05 Å². The number of thiocarbonyl (C=S) groups is 1. The lowest BCUT2D eigenvalue weighted by molar-refractivity contribution is 0.0483. The van der Waals surface area contributed by atoms with Crippen molar-refractivity contribution in [1.29, 1.82) is 0 Å². The summed E-state index contributed by atoms with van der Waals surface area (Å²) in [6, 6.07) is 0. The van der Waals surface area contributed by atoms with Gasteiger partial charge in [0.1, 0.15) is 0 Å². The SMILES string of the molecule is CC(=S)OCC1CCOCC1. The van der Waals surface area contributed by atoms with Gasteiger partial charge in [-0.3, -0.25) is 0 Å². The minimum absolute atomic E-state index is 0.650. The predicted octanol–water partition coefficient (Wildman–Crippen LogP) is 1.78. The molecule has 0 aromatic carbocycles. The molecule has 0 bridgehead atoms. The van der Waals surface area contributed by atoms with E-state index in [9.17, 15) is 0 Å².